The molecule has 0 aliphatic heterocycles. The summed E-state index contributed by atoms with van der Waals surface area (Å²) in [5, 5.41) is 9.59. The first-order valence-electron chi connectivity index (χ1n) is 4.89. The van der Waals surface area contributed by atoms with Crippen LogP contribution < -0.4 is 0 Å². The lowest BCUT2D eigenvalue weighted by Gasteiger charge is -1.95. The molecule has 1 aromatic heterocycles. The van der Waals surface area contributed by atoms with Gasteiger partial charge in [0.1, 0.15) is 17.1 Å². The quantitative estimate of drug-likeness (QED) is 0.827. The van der Waals surface area contributed by atoms with Crippen molar-refractivity contribution in [2.45, 2.75) is 26.7 Å². The fourth-order valence-corrected chi connectivity index (χ4v) is 1.61. The van der Waals surface area contributed by atoms with Gasteiger partial charge in [-0.05, 0) is 25.0 Å². The first-order chi connectivity index (χ1) is 6.72. The van der Waals surface area contributed by atoms with Gasteiger partial charge in [-0.25, -0.2) is 4.98 Å². The summed E-state index contributed by atoms with van der Waals surface area (Å²) in [6, 6.07) is 3.58. The van der Waals surface area contributed by atoms with Crippen molar-refractivity contribution in [1.82, 2.24) is 9.97 Å². The van der Waals surface area contributed by atoms with Gasteiger partial charge in [0.05, 0.1) is 5.52 Å². The first-order valence-corrected chi connectivity index (χ1v) is 4.89. The third-order valence-corrected chi connectivity index (χ3v) is 2.37. The molecule has 0 aliphatic carbocycles. The van der Waals surface area contributed by atoms with Crippen LogP contribution in [0, 0.1) is 6.92 Å². The summed E-state index contributed by atoms with van der Waals surface area (Å²) < 4.78 is 0. The van der Waals surface area contributed by atoms with Crippen molar-refractivity contribution in [3.05, 3.63) is 23.5 Å². The normalized spacial score (nSPS) is 10.3. The third kappa shape index (κ3) is 2.07. The minimum Gasteiger partial charge on any atom is -0.506 e. The molecule has 4 heteroatoms. The number of rotatable bonds is 2. The van der Waals surface area contributed by atoms with Crippen molar-refractivity contribution in [2.75, 3.05) is 0 Å². The topological polar surface area (TPSA) is 48.9 Å². The van der Waals surface area contributed by atoms with Crippen LogP contribution in [0.15, 0.2) is 12.1 Å². The van der Waals surface area contributed by atoms with Crippen LogP contribution >= 0.6 is 12.4 Å². The van der Waals surface area contributed by atoms with E-state index in [1.807, 2.05) is 13.0 Å². The third-order valence-electron chi connectivity index (χ3n) is 2.37. The largest absolute Gasteiger partial charge is 0.506 e. The Labute approximate surface area is 94.9 Å². The van der Waals surface area contributed by atoms with E-state index in [-0.39, 0.29) is 18.2 Å². The maximum Gasteiger partial charge on any atom is 0.143 e. The molecule has 0 aliphatic rings. The highest BCUT2D eigenvalue weighted by molar-refractivity contribution is 5.85. The number of phenolic OH excluding ortho intramolecular Hbond substituents is 1. The van der Waals surface area contributed by atoms with Crippen LogP contribution in [0.4, 0.5) is 0 Å². The van der Waals surface area contributed by atoms with Gasteiger partial charge in [-0.3, -0.25) is 0 Å². The van der Waals surface area contributed by atoms with Crippen LogP contribution in [0.25, 0.3) is 11.0 Å². The zero-order chi connectivity index (χ0) is 10.1. The molecule has 0 radical (unpaired) electrons. The number of aromatic nitrogens is 2. The van der Waals surface area contributed by atoms with Gasteiger partial charge in [0.15, 0.2) is 0 Å². The predicted octanol–water partition coefficient (Wildman–Crippen LogP) is 2.95. The average Bonchev–Trinajstić information content (AvgIpc) is 2.57. The molecule has 2 aromatic rings. The molecule has 0 amide bonds. The number of nitrogens with zero attached hydrogens (tertiary/aromatic N) is 1. The maximum atomic E-state index is 9.59. The summed E-state index contributed by atoms with van der Waals surface area (Å²) in [6.07, 6.45) is 1.98. The van der Waals surface area contributed by atoms with E-state index in [9.17, 15) is 5.11 Å². The second-order valence-corrected chi connectivity index (χ2v) is 3.56. The number of aryl methyl sites for hydroxylation is 2. The molecule has 82 valence electrons. The highest BCUT2D eigenvalue weighted by Gasteiger charge is 2.07. The molecule has 0 saturated heterocycles. The fraction of sp³-hybridized carbons (Fsp3) is 0.364. The molecular formula is C11H15ClN2O. The Balaban J connectivity index is 0.00000112. The number of aromatic hydroxyl groups is 1. The van der Waals surface area contributed by atoms with Crippen molar-refractivity contribution in [3.8, 4) is 5.75 Å². The van der Waals surface area contributed by atoms with E-state index in [0.717, 1.165) is 29.7 Å². The number of hydrogen-bond donors (Lipinski definition) is 2. The van der Waals surface area contributed by atoms with Gasteiger partial charge in [-0.1, -0.05) is 13.0 Å². The van der Waals surface area contributed by atoms with E-state index in [0.29, 0.717) is 5.52 Å². The number of H-pyrrole nitrogens is 1. The smallest absolute Gasteiger partial charge is 0.143 e. The van der Waals surface area contributed by atoms with Gasteiger partial charge >= 0.3 is 0 Å². The number of fused-ring (bicyclic) bond motifs is 1. The number of halogens is 1. The number of phenols is 1. The number of imidazole rings is 1. The van der Waals surface area contributed by atoms with Gasteiger partial charge < -0.3 is 10.1 Å². The SMILES string of the molecule is CCCc1nc2c(O)ccc(C)c2[nH]1.Cl. The summed E-state index contributed by atoms with van der Waals surface area (Å²) in [7, 11) is 0. The number of benzene rings is 1. The van der Waals surface area contributed by atoms with Crippen LogP contribution in [-0.2, 0) is 6.42 Å². The van der Waals surface area contributed by atoms with Crippen molar-refractivity contribution in [1.29, 1.82) is 0 Å². The Hall–Kier alpha value is -1.22. The van der Waals surface area contributed by atoms with Gasteiger partial charge in [-0.2, -0.15) is 0 Å². The summed E-state index contributed by atoms with van der Waals surface area (Å²) in [6.45, 7) is 4.12. The Morgan fingerprint density at radius 3 is 2.73 bits per heavy atom. The molecule has 0 atom stereocenters. The molecule has 2 N–H and O–H groups in total. The average molecular weight is 227 g/mol. The Morgan fingerprint density at radius 2 is 2.13 bits per heavy atom. The summed E-state index contributed by atoms with van der Waals surface area (Å²) in [5.41, 5.74) is 2.76. The highest BCUT2D eigenvalue weighted by atomic mass is 35.5. The van der Waals surface area contributed by atoms with Crippen LogP contribution in [0.5, 0.6) is 5.75 Å². The summed E-state index contributed by atoms with van der Waals surface area (Å²) in [5.74, 6) is 1.20. The minimum atomic E-state index is 0. The maximum absolute atomic E-state index is 9.59. The minimum absolute atomic E-state index is 0. The Bertz CT molecular complexity index is 426. The van der Waals surface area contributed by atoms with Gasteiger partial charge in [-0.15, -0.1) is 12.4 Å². The van der Waals surface area contributed by atoms with E-state index in [1.165, 1.54) is 0 Å². The molecule has 1 aromatic carbocycles. The van der Waals surface area contributed by atoms with Crippen molar-refractivity contribution < 1.29 is 5.11 Å². The second kappa shape index (κ2) is 4.53. The molecule has 3 nitrogen and oxygen atoms in total. The molecule has 0 bridgehead atoms. The molecule has 0 fully saturated rings. The van der Waals surface area contributed by atoms with Crippen molar-refractivity contribution in [3.63, 3.8) is 0 Å². The predicted molar refractivity (Wildman–Crippen MR) is 63.7 cm³/mol. The van der Waals surface area contributed by atoms with E-state index in [1.54, 1.807) is 6.07 Å². The molecule has 1 heterocycles. The van der Waals surface area contributed by atoms with Gasteiger partial charge in [0.2, 0.25) is 0 Å². The molecule has 2 rings (SSSR count). The first kappa shape index (κ1) is 11.9. The molecule has 0 spiro atoms. The van der Waals surface area contributed by atoms with E-state index >= 15 is 0 Å². The summed E-state index contributed by atoms with van der Waals surface area (Å²) in [4.78, 5) is 7.59. The Kier molecular flexibility index (Phi) is 3.58. The Morgan fingerprint density at radius 1 is 1.40 bits per heavy atom. The molecule has 0 saturated carbocycles. The zero-order valence-corrected chi connectivity index (χ0v) is 9.69. The molecule has 0 unspecified atom stereocenters. The summed E-state index contributed by atoms with van der Waals surface area (Å²) >= 11 is 0. The van der Waals surface area contributed by atoms with Gasteiger partial charge in [0, 0.05) is 6.42 Å². The zero-order valence-electron chi connectivity index (χ0n) is 8.87. The van der Waals surface area contributed by atoms with Crippen molar-refractivity contribution >= 4 is 23.4 Å². The van der Waals surface area contributed by atoms with Crippen LogP contribution in [-0.4, -0.2) is 15.1 Å². The monoisotopic (exact) mass is 226 g/mol. The van der Waals surface area contributed by atoms with Crippen LogP contribution in [0.1, 0.15) is 24.7 Å². The fourth-order valence-electron chi connectivity index (χ4n) is 1.61. The van der Waals surface area contributed by atoms with Crippen LogP contribution in [0.2, 0.25) is 0 Å². The second-order valence-electron chi connectivity index (χ2n) is 3.56. The lowest BCUT2D eigenvalue weighted by atomic mass is 10.2. The van der Waals surface area contributed by atoms with E-state index < -0.39 is 0 Å². The van der Waals surface area contributed by atoms with Crippen LogP contribution in [0.3, 0.4) is 0 Å². The number of hydrogen-bond acceptors (Lipinski definition) is 2. The lowest BCUT2D eigenvalue weighted by Crippen LogP contribution is -1.84. The van der Waals surface area contributed by atoms with E-state index in [2.05, 4.69) is 16.9 Å². The van der Waals surface area contributed by atoms with E-state index in [4.69, 9.17) is 0 Å². The van der Waals surface area contributed by atoms with Gasteiger partial charge in [0.25, 0.3) is 0 Å². The number of nitrogens with one attached hydrogen (secondary N) is 1. The lowest BCUT2D eigenvalue weighted by molar-refractivity contribution is 0.480. The van der Waals surface area contributed by atoms with Crippen molar-refractivity contribution in [2.24, 2.45) is 0 Å². The highest BCUT2D eigenvalue weighted by Crippen LogP contribution is 2.25. The standard InChI is InChI=1S/C11H14N2O.ClH/c1-3-4-9-12-10-7(2)5-6-8(14)11(10)13-9;/h5-6,14H,3-4H2,1-2H3,(H,12,13);1H. The molecule has 15 heavy (non-hydrogen) atoms. The number of aromatic amines is 1. The molecular weight excluding hydrogens is 212 g/mol.